The maximum Gasteiger partial charge on any atom is 0.254 e. The van der Waals surface area contributed by atoms with E-state index in [1.165, 1.54) is 26.2 Å². The van der Waals surface area contributed by atoms with E-state index in [1.54, 1.807) is 33.4 Å². The number of likely N-dealkylation sites (N-methyl/N-ethyl adjacent to an activating group) is 1. The van der Waals surface area contributed by atoms with Gasteiger partial charge < -0.3 is 24.2 Å². The fourth-order valence-corrected chi connectivity index (χ4v) is 4.39. The fourth-order valence-electron chi connectivity index (χ4n) is 3.76. The highest BCUT2D eigenvalue weighted by molar-refractivity contribution is 7.09. The Bertz CT molecular complexity index is 791. The van der Waals surface area contributed by atoms with Crippen LogP contribution >= 0.6 is 11.3 Å². The van der Waals surface area contributed by atoms with E-state index >= 15 is 0 Å². The lowest BCUT2D eigenvalue weighted by molar-refractivity contribution is -1.00. The number of ether oxygens (including phenoxy) is 2. The van der Waals surface area contributed by atoms with Gasteiger partial charge in [0.15, 0.2) is 11.5 Å². The van der Waals surface area contributed by atoms with E-state index in [0.717, 1.165) is 24.5 Å². The summed E-state index contributed by atoms with van der Waals surface area (Å²) in [6.45, 7) is 7.50. The molecule has 2 aliphatic rings. The summed E-state index contributed by atoms with van der Waals surface area (Å²) in [5.41, 5.74) is 0.636. The number of nitrogens with zero attached hydrogens (tertiary/aromatic N) is 2. The van der Waals surface area contributed by atoms with Crippen molar-refractivity contribution in [2.24, 2.45) is 0 Å². The molecule has 3 heterocycles. The number of piperazine rings is 1. The predicted octanol–water partition coefficient (Wildman–Crippen LogP) is -0.682. The molecule has 7 nitrogen and oxygen atoms in total. The van der Waals surface area contributed by atoms with Crippen molar-refractivity contribution < 1.29 is 24.1 Å². The van der Waals surface area contributed by atoms with Gasteiger partial charge in [0.2, 0.25) is 6.79 Å². The summed E-state index contributed by atoms with van der Waals surface area (Å²) in [5, 5.41) is 2.92. The average Bonchev–Trinajstić information content (AvgIpc) is 3.39. The minimum Gasteiger partial charge on any atom is -0.454 e. The Morgan fingerprint density at radius 2 is 2.04 bits per heavy atom. The highest BCUT2D eigenvalue weighted by atomic mass is 32.1. The molecule has 1 fully saturated rings. The second-order valence-electron chi connectivity index (χ2n) is 7.53. The van der Waals surface area contributed by atoms with Gasteiger partial charge in [-0.05, 0) is 18.2 Å². The molecule has 2 N–H and O–H groups in total. The summed E-state index contributed by atoms with van der Waals surface area (Å²) in [4.78, 5) is 22.7. The second-order valence-corrected chi connectivity index (χ2v) is 8.51. The van der Waals surface area contributed by atoms with Crippen molar-refractivity contribution in [3.63, 3.8) is 0 Å². The van der Waals surface area contributed by atoms with Gasteiger partial charge in [0, 0.05) is 30.1 Å². The number of quaternary nitrogens is 2. The molecule has 1 amide bonds. The number of rotatable bonds is 7. The summed E-state index contributed by atoms with van der Waals surface area (Å²) in [5.74, 6) is 1.36. The van der Waals surface area contributed by atoms with E-state index in [2.05, 4.69) is 12.0 Å². The van der Waals surface area contributed by atoms with Gasteiger partial charge in [0.1, 0.15) is 31.2 Å². The number of amides is 1. The third-order valence-corrected chi connectivity index (χ3v) is 6.25. The molecule has 0 spiro atoms. The lowest BCUT2D eigenvalue weighted by Crippen LogP contribution is -3.27. The molecule has 8 heteroatoms. The van der Waals surface area contributed by atoms with Crippen LogP contribution in [0.3, 0.4) is 0 Å². The molecule has 0 unspecified atom stereocenters. The van der Waals surface area contributed by atoms with Gasteiger partial charge in [-0.1, -0.05) is 0 Å². The minimum absolute atomic E-state index is 0.0197. The van der Waals surface area contributed by atoms with Gasteiger partial charge in [-0.25, -0.2) is 4.98 Å². The van der Waals surface area contributed by atoms with Crippen LogP contribution < -0.4 is 19.3 Å². The van der Waals surface area contributed by atoms with Crippen LogP contribution in [-0.4, -0.2) is 68.9 Å². The summed E-state index contributed by atoms with van der Waals surface area (Å²) < 4.78 is 10.8. The number of hydrogen-bond donors (Lipinski definition) is 2. The molecular formula is C20H28N4O3S+2. The molecule has 0 radical (unpaired) electrons. The van der Waals surface area contributed by atoms with Crippen molar-refractivity contribution in [3.05, 3.63) is 40.3 Å². The highest BCUT2D eigenvalue weighted by Crippen LogP contribution is 2.33. The van der Waals surface area contributed by atoms with Crippen molar-refractivity contribution in [2.45, 2.75) is 13.0 Å². The zero-order valence-electron chi connectivity index (χ0n) is 16.3. The van der Waals surface area contributed by atoms with Gasteiger partial charge in [-0.15, -0.1) is 11.3 Å². The molecule has 150 valence electrons. The number of fused-ring (bicyclic) bond motifs is 1. The van der Waals surface area contributed by atoms with Crippen molar-refractivity contribution >= 4 is 17.2 Å². The Morgan fingerprint density at radius 1 is 1.21 bits per heavy atom. The minimum atomic E-state index is 0.0197. The molecule has 28 heavy (non-hydrogen) atoms. The first-order chi connectivity index (χ1) is 13.7. The van der Waals surface area contributed by atoms with E-state index in [0.29, 0.717) is 23.6 Å². The van der Waals surface area contributed by atoms with Crippen LogP contribution in [0.2, 0.25) is 0 Å². The van der Waals surface area contributed by atoms with Crippen LogP contribution in [-0.2, 0) is 6.54 Å². The first kappa shape index (κ1) is 19.2. The summed E-state index contributed by atoms with van der Waals surface area (Å²) in [7, 11) is 2.26. The Kier molecular flexibility index (Phi) is 6.09. The van der Waals surface area contributed by atoms with Crippen LogP contribution in [0.15, 0.2) is 29.8 Å². The lowest BCUT2D eigenvalue weighted by Gasteiger charge is -2.28. The first-order valence-electron chi connectivity index (χ1n) is 9.91. The zero-order valence-corrected chi connectivity index (χ0v) is 17.1. The molecule has 0 bridgehead atoms. The van der Waals surface area contributed by atoms with Gasteiger partial charge in [-0.3, -0.25) is 4.79 Å². The zero-order chi connectivity index (χ0) is 19.3. The average molecular weight is 405 g/mol. The molecule has 1 aromatic carbocycles. The number of hydrogen-bond acceptors (Lipinski definition) is 5. The molecule has 0 atom stereocenters. The number of nitrogens with one attached hydrogen (secondary N) is 2. The summed E-state index contributed by atoms with van der Waals surface area (Å²) >= 11 is 1.59. The number of carbonyl (C=O) groups is 1. The lowest BCUT2D eigenvalue weighted by atomic mass is 10.1. The molecule has 1 aromatic heterocycles. The molecule has 4 rings (SSSR count). The van der Waals surface area contributed by atoms with Crippen LogP contribution in [0.4, 0.5) is 0 Å². The molecule has 0 aliphatic carbocycles. The number of thiazole rings is 1. The van der Waals surface area contributed by atoms with E-state index < -0.39 is 0 Å². The Balaban J connectivity index is 1.40. The van der Waals surface area contributed by atoms with Crippen molar-refractivity contribution in [1.82, 2.24) is 9.88 Å². The summed E-state index contributed by atoms with van der Waals surface area (Å²) in [6.07, 6.45) is 2.79. The van der Waals surface area contributed by atoms with Crippen LogP contribution in [0.5, 0.6) is 11.5 Å². The van der Waals surface area contributed by atoms with Crippen LogP contribution in [0.25, 0.3) is 0 Å². The Labute approximate surface area is 169 Å². The van der Waals surface area contributed by atoms with Crippen molar-refractivity contribution in [2.75, 3.05) is 53.1 Å². The van der Waals surface area contributed by atoms with Crippen LogP contribution in [0, 0.1) is 0 Å². The third-order valence-electron chi connectivity index (χ3n) is 5.49. The Hall–Kier alpha value is -2.16. The monoisotopic (exact) mass is 404 g/mol. The van der Waals surface area contributed by atoms with E-state index in [4.69, 9.17) is 9.47 Å². The molecular weight excluding hydrogens is 376 g/mol. The molecule has 2 aromatic rings. The van der Waals surface area contributed by atoms with Gasteiger partial charge >= 0.3 is 0 Å². The number of aromatic nitrogens is 1. The standard InChI is InChI=1S/C20H26N4O3S/c1-22-8-10-23(11-9-22)6-2-7-24(14-19-21-5-12-28-19)20(25)16-3-4-17-18(13-16)27-15-26-17/h3-5,12-13H,2,6-11,14-15H2,1H3/p+2. The summed E-state index contributed by atoms with van der Waals surface area (Å²) in [6, 6.07) is 5.42. The smallest absolute Gasteiger partial charge is 0.254 e. The van der Waals surface area contributed by atoms with Crippen molar-refractivity contribution in [1.29, 1.82) is 0 Å². The topological polar surface area (TPSA) is 60.5 Å². The number of benzene rings is 1. The largest absolute Gasteiger partial charge is 0.454 e. The quantitative estimate of drug-likeness (QED) is 0.642. The fraction of sp³-hybridized carbons (Fsp3) is 0.500. The number of carbonyl (C=O) groups excluding carboxylic acids is 1. The predicted molar refractivity (Wildman–Crippen MR) is 106 cm³/mol. The normalized spacial score (nSPS) is 20.9. The van der Waals surface area contributed by atoms with E-state index in [1.807, 2.05) is 22.4 Å². The van der Waals surface area contributed by atoms with Crippen LogP contribution in [0.1, 0.15) is 21.8 Å². The third kappa shape index (κ3) is 4.63. The maximum atomic E-state index is 13.2. The highest BCUT2D eigenvalue weighted by Gasteiger charge is 2.23. The molecule has 1 saturated heterocycles. The van der Waals surface area contributed by atoms with Gasteiger partial charge in [0.25, 0.3) is 5.91 Å². The van der Waals surface area contributed by atoms with E-state index in [-0.39, 0.29) is 12.7 Å². The first-order valence-corrected chi connectivity index (χ1v) is 10.8. The molecule has 2 aliphatic heterocycles. The van der Waals surface area contributed by atoms with Gasteiger partial charge in [-0.2, -0.15) is 0 Å². The maximum absolute atomic E-state index is 13.2. The Morgan fingerprint density at radius 3 is 2.82 bits per heavy atom. The van der Waals surface area contributed by atoms with Crippen molar-refractivity contribution in [3.8, 4) is 11.5 Å². The van der Waals surface area contributed by atoms with Gasteiger partial charge in [0.05, 0.1) is 20.1 Å². The second kappa shape index (κ2) is 8.89. The van der Waals surface area contributed by atoms with E-state index in [9.17, 15) is 4.79 Å². The molecule has 0 saturated carbocycles. The SMILES string of the molecule is C[NH+]1CC[NH+](CCCN(Cc2nccs2)C(=O)c2ccc3c(c2)OCO3)CC1.